The van der Waals surface area contributed by atoms with E-state index in [-0.39, 0.29) is 12.7 Å². The average Bonchev–Trinajstić information content (AvgIpc) is 2.61. The maximum atomic E-state index is 8.66. The second kappa shape index (κ2) is 3.98. The Kier molecular flexibility index (Phi) is 2.71. The lowest BCUT2D eigenvalue weighted by molar-refractivity contribution is 0.0803. The highest BCUT2D eigenvalue weighted by Crippen LogP contribution is 2.35. The van der Waals surface area contributed by atoms with Gasteiger partial charge in [0.15, 0.2) is 11.5 Å². The van der Waals surface area contributed by atoms with E-state index in [1.165, 1.54) is 0 Å². The van der Waals surface area contributed by atoms with E-state index in [0.717, 1.165) is 24.3 Å². The van der Waals surface area contributed by atoms with Crippen molar-refractivity contribution in [3.63, 3.8) is 0 Å². The molecule has 1 aliphatic heterocycles. The van der Waals surface area contributed by atoms with Crippen LogP contribution in [-0.4, -0.2) is 24.4 Å². The van der Waals surface area contributed by atoms with E-state index >= 15 is 0 Å². The van der Waals surface area contributed by atoms with Crippen molar-refractivity contribution in [1.29, 1.82) is 0 Å². The monoisotopic (exact) mass is 200 g/mol. The smallest absolute Gasteiger partial charge is 0.172 e. The Labute approximate surface area is 80.9 Å². The lowest BCUT2D eigenvalue weighted by Crippen LogP contribution is -2.28. The molecule has 0 aliphatic carbocycles. The van der Waals surface area contributed by atoms with E-state index in [4.69, 9.17) is 14.6 Å². The summed E-state index contributed by atoms with van der Waals surface area (Å²) in [5.41, 5.74) is 0. The predicted molar refractivity (Wildman–Crippen MR) is 50.5 cm³/mol. The summed E-state index contributed by atoms with van der Waals surface area (Å²) < 4.78 is 11.1. The minimum atomic E-state index is 0.106. The van der Waals surface area contributed by atoms with E-state index in [0.29, 0.717) is 6.61 Å². The number of rotatable bonds is 3. The molecule has 2 heterocycles. The standard InChI is InChI=1S/C9H12O3S/c10-3-1-2-7-4-11-8-5-13-6-9(8)12-7/h5-7,10H,1-4H2. The van der Waals surface area contributed by atoms with Crippen LogP contribution in [0.2, 0.25) is 0 Å². The summed E-state index contributed by atoms with van der Waals surface area (Å²) >= 11 is 1.58. The van der Waals surface area contributed by atoms with Gasteiger partial charge in [-0.15, -0.1) is 11.3 Å². The van der Waals surface area contributed by atoms with Gasteiger partial charge in [-0.3, -0.25) is 0 Å². The number of hydrogen-bond acceptors (Lipinski definition) is 4. The summed E-state index contributed by atoms with van der Waals surface area (Å²) in [5.74, 6) is 1.70. The fraction of sp³-hybridized carbons (Fsp3) is 0.556. The van der Waals surface area contributed by atoms with Crippen molar-refractivity contribution in [3.8, 4) is 11.5 Å². The minimum Gasteiger partial charge on any atom is -0.485 e. The number of hydrogen-bond donors (Lipinski definition) is 1. The van der Waals surface area contributed by atoms with Crippen LogP contribution in [0.25, 0.3) is 0 Å². The summed E-state index contributed by atoms with van der Waals surface area (Å²) in [6.45, 7) is 0.820. The Morgan fingerprint density at radius 1 is 1.46 bits per heavy atom. The highest BCUT2D eigenvalue weighted by Gasteiger charge is 2.20. The number of aliphatic hydroxyl groups is 1. The van der Waals surface area contributed by atoms with Crippen LogP contribution >= 0.6 is 11.3 Å². The largest absolute Gasteiger partial charge is 0.485 e. The first-order valence-electron chi connectivity index (χ1n) is 4.36. The Morgan fingerprint density at radius 3 is 3.15 bits per heavy atom. The van der Waals surface area contributed by atoms with Crippen molar-refractivity contribution in [2.45, 2.75) is 18.9 Å². The quantitative estimate of drug-likeness (QED) is 0.806. The molecule has 0 saturated carbocycles. The van der Waals surface area contributed by atoms with Crippen molar-refractivity contribution in [2.24, 2.45) is 0 Å². The molecule has 1 unspecified atom stereocenters. The fourth-order valence-electron chi connectivity index (χ4n) is 1.32. The van der Waals surface area contributed by atoms with E-state index in [2.05, 4.69) is 0 Å². The molecule has 0 saturated heterocycles. The Bertz CT molecular complexity index is 272. The SMILES string of the molecule is OCCCC1COc2cscc2O1. The first kappa shape index (κ1) is 8.84. The summed E-state index contributed by atoms with van der Waals surface area (Å²) in [6, 6.07) is 0. The highest BCUT2D eigenvalue weighted by atomic mass is 32.1. The Morgan fingerprint density at radius 2 is 2.31 bits per heavy atom. The van der Waals surface area contributed by atoms with Gasteiger partial charge in [0.05, 0.1) is 0 Å². The topological polar surface area (TPSA) is 38.7 Å². The van der Waals surface area contributed by atoms with E-state index in [1.807, 2.05) is 10.8 Å². The molecule has 1 aromatic heterocycles. The molecule has 2 rings (SSSR count). The molecule has 0 aromatic carbocycles. The van der Waals surface area contributed by atoms with Gasteiger partial charge >= 0.3 is 0 Å². The molecule has 1 aliphatic rings. The van der Waals surface area contributed by atoms with Crippen molar-refractivity contribution in [1.82, 2.24) is 0 Å². The molecule has 0 amide bonds. The molecule has 1 aromatic rings. The lowest BCUT2D eigenvalue weighted by Gasteiger charge is -2.24. The van der Waals surface area contributed by atoms with Crippen LogP contribution in [0.15, 0.2) is 10.8 Å². The zero-order valence-electron chi connectivity index (χ0n) is 7.23. The summed E-state index contributed by atoms with van der Waals surface area (Å²) in [5, 5.41) is 12.5. The van der Waals surface area contributed by atoms with Crippen LogP contribution in [0.3, 0.4) is 0 Å². The molecule has 13 heavy (non-hydrogen) atoms. The van der Waals surface area contributed by atoms with Crippen LogP contribution in [0.1, 0.15) is 12.8 Å². The van der Waals surface area contributed by atoms with Crippen LogP contribution < -0.4 is 9.47 Å². The van der Waals surface area contributed by atoms with E-state index in [9.17, 15) is 0 Å². The van der Waals surface area contributed by atoms with Crippen LogP contribution in [0.4, 0.5) is 0 Å². The van der Waals surface area contributed by atoms with Gasteiger partial charge in [-0.1, -0.05) is 0 Å². The predicted octanol–water partition coefficient (Wildman–Crippen LogP) is 1.66. The van der Waals surface area contributed by atoms with Crippen LogP contribution in [0.5, 0.6) is 11.5 Å². The van der Waals surface area contributed by atoms with Gasteiger partial charge < -0.3 is 14.6 Å². The molecule has 0 spiro atoms. The van der Waals surface area contributed by atoms with E-state index in [1.54, 1.807) is 11.3 Å². The Hall–Kier alpha value is -0.740. The third-order valence-electron chi connectivity index (χ3n) is 2.00. The molecule has 1 N–H and O–H groups in total. The van der Waals surface area contributed by atoms with Gasteiger partial charge in [-0.2, -0.15) is 0 Å². The molecule has 0 fully saturated rings. The highest BCUT2D eigenvalue weighted by molar-refractivity contribution is 7.08. The normalized spacial score (nSPS) is 20.2. The first-order chi connectivity index (χ1) is 6.40. The number of thiophene rings is 1. The van der Waals surface area contributed by atoms with E-state index < -0.39 is 0 Å². The minimum absolute atomic E-state index is 0.106. The zero-order chi connectivity index (χ0) is 9.10. The summed E-state index contributed by atoms with van der Waals surface area (Å²) in [6.07, 6.45) is 1.73. The fourth-order valence-corrected chi connectivity index (χ4v) is 1.99. The van der Waals surface area contributed by atoms with Crippen LogP contribution in [-0.2, 0) is 0 Å². The molecule has 3 nitrogen and oxygen atoms in total. The van der Waals surface area contributed by atoms with Crippen molar-refractivity contribution >= 4 is 11.3 Å². The number of aliphatic hydroxyl groups excluding tert-OH is 1. The number of fused-ring (bicyclic) bond motifs is 1. The van der Waals surface area contributed by atoms with Gasteiger partial charge in [0.25, 0.3) is 0 Å². The molecule has 0 radical (unpaired) electrons. The van der Waals surface area contributed by atoms with Gasteiger partial charge in [-0.25, -0.2) is 0 Å². The maximum absolute atomic E-state index is 8.66. The first-order valence-corrected chi connectivity index (χ1v) is 5.31. The third kappa shape index (κ3) is 1.95. The molecular formula is C9H12O3S. The summed E-state index contributed by atoms with van der Waals surface area (Å²) in [7, 11) is 0. The van der Waals surface area contributed by atoms with Gasteiger partial charge in [0.1, 0.15) is 12.7 Å². The molecule has 72 valence electrons. The van der Waals surface area contributed by atoms with Gasteiger partial charge in [-0.05, 0) is 12.8 Å². The Balaban J connectivity index is 1.93. The second-order valence-corrected chi connectivity index (χ2v) is 3.76. The van der Waals surface area contributed by atoms with Crippen LogP contribution in [0, 0.1) is 0 Å². The number of ether oxygens (including phenoxy) is 2. The van der Waals surface area contributed by atoms with Gasteiger partial charge in [0.2, 0.25) is 0 Å². The summed E-state index contributed by atoms with van der Waals surface area (Å²) in [4.78, 5) is 0. The molecule has 1 atom stereocenters. The average molecular weight is 200 g/mol. The second-order valence-electron chi connectivity index (χ2n) is 3.02. The molecule has 4 heteroatoms. The van der Waals surface area contributed by atoms with Crippen molar-refractivity contribution < 1.29 is 14.6 Å². The molecule has 0 bridgehead atoms. The third-order valence-corrected chi connectivity index (χ3v) is 2.70. The lowest BCUT2D eigenvalue weighted by atomic mass is 10.2. The van der Waals surface area contributed by atoms with Crippen molar-refractivity contribution in [3.05, 3.63) is 10.8 Å². The zero-order valence-corrected chi connectivity index (χ0v) is 8.05. The van der Waals surface area contributed by atoms with Crippen molar-refractivity contribution in [2.75, 3.05) is 13.2 Å². The molecular weight excluding hydrogens is 188 g/mol. The van der Waals surface area contributed by atoms with Gasteiger partial charge in [0, 0.05) is 17.4 Å². The maximum Gasteiger partial charge on any atom is 0.172 e.